The first-order valence-electron chi connectivity index (χ1n) is 13.5. The number of methoxy groups -OCH3 is 1. The number of unbranched alkanes of at least 4 members (excludes halogenated alkanes) is 1. The van der Waals surface area contributed by atoms with Gasteiger partial charge in [0.15, 0.2) is 0 Å². The Hall–Kier alpha value is -2.32. The Morgan fingerprint density at radius 1 is 1.22 bits per heavy atom. The van der Waals surface area contributed by atoms with Crippen LogP contribution in [0.1, 0.15) is 56.1 Å². The van der Waals surface area contributed by atoms with E-state index in [0.29, 0.717) is 50.1 Å². The Morgan fingerprint density at radius 2 is 2.03 bits per heavy atom. The first-order valence-corrected chi connectivity index (χ1v) is 13.5. The maximum absolute atomic E-state index is 14.5. The molecule has 0 spiro atoms. The lowest BCUT2D eigenvalue weighted by atomic mass is 9.72. The number of nitrogens with two attached hydrogens (primary N) is 1. The van der Waals surface area contributed by atoms with Crippen LogP contribution in [0, 0.1) is 24.6 Å². The smallest absolute Gasteiger partial charge is 0.225 e. The molecule has 2 aromatic carbocycles. The van der Waals surface area contributed by atoms with Crippen LogP contribution in [0.2, 0.25) is 0 Å². The third-order valence-electron chi connectivity index (χ3n) is 8.27. The first-order chi connectivity index (χ1) is 17.7. The molecule has 0 bridgehead atoms. The van der Waals surface area contributed by atoms with Crippen LogP contribution in [0.4, 0.5) is 4.39 Å². The average Bonchev–Trinajstić information content (AvgIpc) is 3.24. The van der Waals surface area contributed by atoms with Crippen molar-refractivity contribution in [3.63, 3.8) is 0 Å². The van der Waals surface area contributed by atoms with Gasteiger partial charge in [0.1, 0.15) is 5.82 Å². The molecule has 4 N–H and O–H groups in total. The number of benzene rings is 2. The molecule has 1 amide bonds. The second kappa shape index (κ2) is 12.0. The lowest BCUT2D eigenvalue weighted by Gasteiger charge is -2.44. The fourth-order valence-corrected chi connectivity index (χ4v) is 6.22. The molecule has 0 radical (unpaired) electrons. The van der Waals surface area contributed by atoms with Gasteiger partial charge in [-0.2, -0.15) is 0 Å². The summed E-state index contributed by atoms with van der Waals surface area (Å²) < 4.78 is 19.8. The van der Waals surface area contributed by atoms with E-state index in [1.807, 2.05) is 36.1 Å². The van der Waals surface area contributed by atoms with E-state index in [1.165, 1.54) is 12.1 Å². The van der Waals surface area contributed by atoms with Crippen molar-refractivity contribution >= 4 is 5.91 Å². The van der Waals surface area contributed by atoms with Crippen LogP contribution < -0.4 is 5.73 Å². The minimum Gasteiger partial charge on any atom is -0.391 e. The SMILES string of the molecule is COCCCC[C@](O)(c1ccc(F)cc1-c1cccc(C)c1)[C@@H]1CCCN(C(=O)[C@H]2C[C@@H](N)[C@@H](O)C2)C1. The van der Waals surface area contributed by atoms with Crippen LogP contribution in [-0.4, -0.2) is 60.0 Å². The third kappa shape index (κ3) is 6.23. The number of rotatable bonds is 9. The number of aliphatic hydroxyl groups excluding tert-OH is 1. The zero-order valence-corrected chi connectivity index (χ0v) is 22.0. The lowest BCUT2D eigenvalue weighted by Crippen LogP contribution is -2.49. The van der Waals surface area contributed by atoms with Crippen molar-refractivity contribution in [3.8, 4) is 11.1 Å². The molecule has 0 unspecified atom stereocenters. The number of ether oxygens (including phenoxy) is 1. The fourth-order valence-electron chi connectivity index (χ4n) is 6.22. The third-order valence-corrected chi connectivity index (χ3v) is 8.27. The van der Waals surface area contributed by atoms with E-state index in [4.69, 9.17) is 10.5 Å². The lowest BCUT2D eigenvalue weighted by molar-refractivity contribution is -0.141. The number of carbonyl (C=O) groups is 1. The predicted molar refractivity (Wildman–Crippen MR) is 142 cm³/mol. The maximum Gasteiger partial charge on any atom is 0.225 e. The molecule has 4 rings (SSSR count). The summed E-state index contributed by atoms with van der Waals surface area (Å²) in [6, 6.07) is 12.2. The standard InChI is InChI=1S/C30H41FN2O4/c1-20-7-5-8-21(15-20)25-18-24(31)10-11-26(25)30(36,12-3-4-14-37-2)23-9-6-13-33(19-23)29(35)22-16-27(32)28(34)17-22/h5,7-8,10-11,15,18,22-23,27-28,34,36H,3-4,6,9,12-14,16-17,19,32H2,1-2H3/t22-,23+,27+,28-,30+/m0/s1. The normalized spacial score (nSPS) is 25.7. The molecule has 6 nitrogen and oxygen atoms in total. The van der Waals surface area contributed by atoms with Crippen LogP contribution in [0.15, 0.2) is 42.5 Å². The van der Waals surface area contributed by atoms with Gasteiger partial charge in [0.2, 0.25) is 5.91 Å². The molecule has 1 aliphatic carbocycles. The Bertz CT molecular complexity index is 1070. The Morgan fingerprint density at radius 3 is 2.73 bits per heavy atom. The summed E-state index contributed by atoms with van der Waals surface area (Å²) in [4.78, 5) is 15.2. The molecule has 1 heterocycles. The van der Waals surface area contributed by atoms with Crippen molar-refractivity contribution in [2.75, 3.05) is 26.8 Å². The maximum atomic E-state index is 14.5. The number of hydrogen-bond donors (Lipinski definition) is 3. The number of amides is 1. The van der Waals surface area contributed by atoms with Crippen molar-refractivity contribution in [2.45, 2.75) is 69.6 Å². The van der Waals surface area contributed by atoms with Crippen LogP contribution >= 0.6 is 0 Å². The monoisotopic (exact) mass is 512 g/mol. The van der Waals surface area contributed by atoms with Crippen LogP contribution in [0.25, 0.3) is 11.1 Å². The average molecular weight is 513 g/mol. The zero-order chi connectivity index (χ0) is 26.6. The molecule has 2 aromatic rings. The molecule has 1 saturated carbocycles. The summed E-state index contributed by atoms with van der Waals surface area (Å²) in [7, 11) is 1.67. The summed E-state index contributed by atoms with van der Waals surface area (Å²) in [5.41, 5.74) is 8.05. The summed E-state index contributed by atoms with van der Waals surface area (Å²) in [6.45, 7) is 3.65. The van der Waals surface area contributed by atoms with Gasteiger partial charge in [-0.1, -0.05) is 35.9 Å². The van der Waals surface area contributed by atoms with E-state index in [0.717, 1.165) is 36.8 Å². The topological polar surface area (TPSA) is 96.0 Å². The highest BCUT2D eigenvalue weighted by molar-refractivity contribution is 5.79. The van der Waals surface area contributed by atoms with E-state index >= 15 is 0 Å². The summed E-state index contributed by atoms with van der Waals surface area (Å²) in [5, 5.41) is 22.6. The molecule has 2 aliphatic rings. The number of carbonyl (C=O) groups excluding carboxylic acids is 1. The van der Waals surface area contributed by atoms with Crippen molar-refractivity contribution in [2.24, 2.45) is 17.6 Å². The first kappa shape index (κ1) is 27.7. The van der Waals surface area contributed by atoms with Gasteiger partial charge in [0.25, 0.3) is 0 Å². The summed E-state index contributed by atoms with van der Waals surface area (Å²) >= 11 is 0. The van der Waals surface area contributed by atoms with E-state index in [1.54, 1.807) is 13.2 Å². The van der Waals surface area contributed by atoms with Crippen LogP contribution in [0.5, 0.6) is 0 Å². The van der Waals surface area contributed by atoms with Crippen molar-refractivity contribution in [1.82, 2.24) is 4.90 Å². The molecule has 1 aliphatic heterocycles. The van der Waals surface area contributed by atoms with Crippen LogP contribution in [-0.2, 0) is 15.1 Å². The molecule has 1 saturated heterocycles. The molecule has 2 fully saturated rings. The number of nitrogens with zero attached hydrogens (tertiary/aromatic N) is 1. The van der Waals surface area contributed by atoms with E-state index < -0.39 is 11.7 Å². The molecular weight excluding hydrogens is 471 g/mol. The number of aryl methyl sites for hydroxylation is 1. The summed E-state index contributed by atoms with van der Waals surface area (Å²) in [6.07, 6.45) is 3.79. The molecule has 202 valence electrons. The van der Waals surface area contributed by atoms with Crippen molar-refractivity contribution in [3.05, 3.63) is 59.4 Å². The van der Waals surface area contributed by atoms with Gasteiger partial charge >= 0.3 is 0 Å². The predicted octanol–water partition coefficient (Wildman–Crippen LogP) is 4.14. The van der Waals surface area contributed by atoms with E-state index in [-0.39, 0.29) is 29.6 Å². The number of hydrogen-bond acceptors (Lipinski definition) is 5. The number of likely N-dealkylation sites (tertiary alicyclic amines) is 1. The molecule has 0 aromatic heterocycles. The Kier molecular flexibility index (Phi) is 9.01. The van der Waals surface area contributed by atoms with Gasteiger partial charge < -0.3 is 25.6 Å². The molecule has 37 heavy (non-hydrogen) atoms. The largest absolute Gasteiger partial charge is 0.391 e. The Labute approximate surface area is 219 Å². The fraction of sp³-hybridized carbons (Fsp3) is 0.567. The van der Waals surface area contributed by atoms with Gasteiger partial charge in [0.05, 0.1) is 11.7 Å². The Balaban J connectivity index is 1.67. The van der Waals surface area contributed by atoms with Crippen LogP contribution in [0.3, 0.4) is 0 Å². The molecular formula is C30H41FN2O4. The van der Waals surface area contributed by atoms with E-state index in [9.17, 15) is 19.4 Å². The quantitative estimate of drug-likeness (QED) is 0.439. The highest BCUT2D eigenvalue weighted by Gasteiger charge is 2.44. The second-order valence-electron chi connectivity index (χ2n) is 11.0. The van der Waals surface area contributed by atoms with Crippen molar-refractivity contribution in [1.29, 1.82) is 0 Å². The zero-order valence-electron chi connectivity index (χ0n) is 22.0. The summed E-state index contributed by atoms with van der Waals surface area (Å²) in [5.74, 6) is -0.830. The van der Waals surface area contributed by atoms with Gasteiger partial charge in [-0.15, -0.1) is 0 Å². The minimum atomic E-state index is -1.24. The number of halogens is 1. The number of piperidine rings is 1. The van der Waals surface area contributed by atoms with Gasteiger partial charge in [-0.25, -0.2) is 4.39 Å². The molecule has 7 heteroatoms. The number of aliphatic hydroxyl groups is 2. The van der Waals surface area contributed by atoms with Crippen molar-refractivity contribution < 1.29 is 24.1 Å². The highest BCUT2D eigenvalue weighted by atomic mass is 19.1. The van der Waals surface area contributed by atoms with Gasteiger partial charge in [-0.3, -0.25) is 4.79 Å². The highest BCUT2D eigenvalue weighted by Crippen LogP contribution is 2.44. The van der Waals surface area contributed by atoms with Gasteiger partial charge in [0, 0.05) is 44.7 Å². The molecule has 5 atom stereocenters. The van der Waals surface area contributed by atoms with Gasteiger partial charge in [-0.05, 0) is 80.7 Å². The second-order valence-corrected chi connectivity index (χ2v) is 11.0. The minimum absolute atomic E-state index is 0.0106. The van der Waals surface area contributed by atoms with E-state index in [2.05, 4.69) is 0 Å².